The molecule has 0 aliphatic rings. The predicted molar refractivity (Wildman–Crippen MR) is 95.5 cm³/mol. The molecule has 25 heavy (non-hydrogen) atoms. The number of hydrogen-bond acceptors (Lipinski definition) is 2. The molecule has 0 radical (unpaired) electrons. The summed E-state index contributed by atoms with van der Waals surface area (Å²) in [5.41, 5.74) is 1.68. The Morgan fingerprint density at radius 2 is 1.68 bits per heavy atom. The molecule has 0 unspecified atom stereocenters. The van der Waals surface area contributed by atoms with E-state index in [1.54, 1.807) is 18.2 Å². The van der Waals surface area contributed by atoms with Crippen LogP contribution in [-0.2, 0) is 22.4 Å². The van der Waals surface area contributed by atoms with Crippen LogP contribution in [0.1, 0.15) is 18.1 Å². The van der Waals surface area contributed by atoms with Gasteiger partial charge < -0.3 is 10.2 Å². The van der Waals surface area contributed by atoms with Gasteiger partial charge in [-0.2, -0.15) is 0 Å². The van der Waals surface area contributed by atoms with Crippen LogP contribution >= 0.6 is 0 Å². The highest BCUT2D eigenvalue weighted by atomic mass is 19.1. The number of nitrogens with zero attached hydrogens (tertiary/aromatic N) is 1. The standard InChI is InChI=1S/C20H23FN2O2/c1-16(24)23(14-12-18-9-5-6-10-19(18)21)15-20(25)22-13-11-17-7-3-2-4-8-17/h2-10H,11-15H2,1H3,(H,22,25). The second-order valence-electron chi connectivity index (χ2n) is 5.87. The van der Waals surface area contributed by atoms with E-state index in [1.807, 2.05) is 30.3 Å². The summed E-state index contributed by atoms with van der Waals surface area (Å²) in [4.78, 5) is 25.2. The number of amides is 2. The van der Waals surface area contributed by atoms with Crippen molar-refractivity contribution in [3.8, 4) is 0 Å². The number of halogens is 1. The van der Waals surface area contributed by atoms with Crippen molar-refractivity contribution in [2.45, 2.75) is 19.8 Å². The summed E-state index contributed by atoms with van der Waals surface area (Å²) in [6.45, 7) is 2.22. The van der Waals surface area contributed by atoms with Crippen LogP contribution in [0.15, 0.2) is 54.6 Å². The zero-order valence-corrected chi connectivity index (χ0v) is 14.4. The van der Waals surface area contributed by atoms with Gasteiger partial charge in [-0.15, -0.1) is 0 Å². The molecule has 0 spiro atoms. The summed E-state index contributed by atoms with van der Waals surface area (Å²) in [6, 6.07) is 16.3. The average molecular weight is 342 g/mol. The molecule has 0 aromatic heterocycles. The summed E-state index contributed by atoms with van der Waals surface area (Å²) in [5, 5.41) is 2.82. The molecule has 4 nitrogen and oxygen atoms in total. The topological polar surface area (TPSA) is 49.4 Å². The minimum Gasteiger partial charge on any atom is -0.354 e. The Hall–Kier alpha value is -2.69. The molecule has 5 heteroatoms. The first kappa shape index (κ1) is 18.6. The molecule has 0 saturated heterocycles. The molecule has 1 N–H and O–H groups in total. The van der Waals surface area contributed by atoms with Crippen molar-refractivity contribution in [3.63, 3.8) is 0 Å². The lowest BCUT2D eigenvalue weighted by atomic mass is 10.1. The molecule has 2 amide bonds. The summed E-state index contributed by atoms with van der Waals surface area (Å²) in [7, 11) is 0. The molecular weight excluding hydrogens is 319 g/mol. The lowest BCUT2D eigenvalue weighted by molar-refractivity contribution is -0.134. The SMILES string of the molecule is CC(=O)N(CCc1ccccc1F)CC(=O)NCCc1ccccc1. The Bertz CT molecular complexity index is 704. The van der Waals surface area contributed by atoms with E-state index in [4.69, 9.17) is 0 Å². The van der Waals surface area contributed by atoms with E-state index >= 15 is 0 Å². The van der Waals surface area contributed by atoms with Crippen molar-refractivity contribution in [3.05, 3.63) is 71.5 Å². The van der Waals surface area contributed by atoms with Crippen LogP contribution in [0.25, 0.3) is 0 Å². The van der Waals surface area contributed by atoms with Crippen LogP contribution in [-0.4, -0.2) is 36.3 Å². The Kier molecular flexibility index (Phi) is 7.14. The van der Waals surface area contributed by atoms with Crippen LogP contribution in [0.5, 0.6) is 0 Å². The number of carbonyl (C=O) groups excluding carboxylic acids is 2. The smallest absolute Gasteiger partial charge is 0.239 e. The fraction of sp³-hybridized carbons (Fsp3) is 0.300. The predicted octanol–water partition coefficient (Wildman–Crippen LogP) is 2.58. The monoisotopic (exact) mass is 342 g/mol. The Labute approximate surface area is 147 Å². The van der Waals surface area contributed by atoms with E-state index in [-0.39, 0.29) is 24.2 Å². The molecule has 0 bridgehead atoms. The highest BCUT2D eigenvalue weighted by Crippen LogP contribution is 2.08. The van der Waals surface area contributed by atoms with Crippen molar-refractivity contribution in [1.29, 1.82) is 0 Å². The van der Waals surface area contributed by atoms with Crippen LogP contribution in [0.2, 0.25) is 0 Å². The van der Waals surface area contributed by atoms with Gasteiger partial charge in [0, 0.05) is 20.0 Å². The van der Waals surface area contributed by atoms with Crippen molar-refractivity contribution in [2.24, 2.45) is 0 Å². The third-order valence-electron chi connectivity index (χ3n) is 3.97. The third kappa shape index (κ3) is 6.37. The zero-order valence-electron chi connectivity index (χ0n) is 14.4. The number of benzene rings is 2. The van der Waals surface area contributed by atoms with E-state index < -0.39 is 0 Å². The normalized spacial score (nSPS) is 10.3. The van der Waals surface area contributed by atoms with Gasteiger partial charge in [0.2, 0.25) is 11.8 Å². The van der Waals surface area contributed by atoms with Crippen LogP contribution in [0.4, 0.5) is 4.39 Å². The van der Waals surface area contributed by atoms with Gasteiger partial charge in [0.15, 0.2) is 0 Å². The average Bonchev–Trinajstić information content (AvgIpc) is 2.60. The fourth-order valence-electron chi connectivity index (χ4n) is 2.52. The van der Waals surface area contributed by atoms with Crippen LogP contribution < -0.4 is 5.32 Å². The first-order chi connectivity index (χ1) is 12.1. The molecule has 2 aromatic carbocycles. The van der Waals surface area contributed by atoms with Gasteiger partial charge >= 0.3 is 0 Å². The van der Waals surface area contributed by atoms with Gasteiger partial charge in [0.25, 0.3) is 0 Å². The van der Waals surface area contributed by atoms with E-state index in [2.05, 4.69) is 5.32 Å². The quantitative estimate of drug-likeness (QED) is 0.802. The molecular formula is C20H23FN2O2. The summed E-state index contributed by atoms with van der Waals surface area (Å²) in [6.07, 6.45) is 1.12. The molecule has 0 saturated carbocycles. The van der Waals surface area contributed by atoms with Gasteiger partial charge in [-0.25, -0.2) is 4.39 Å². The lowest BCUT2D eigenvalue weighted by Gasteiger charge is -2.20. The second-order valence-corrected chi connectivity index (χ2v) is 5.87. The minimum absolute atomic E-state index is 0.0153. The summed E-state index contributed by atoms with van der Waals surface area (Å²) in [5.74, 6) is -0.701. The Balaban J connectivity index is 1.79. The molecule has 0 aliphatic carbocycles. The highest BCUT2D eigenvalue weighted by molar-refractivity contribution is 5.83. The lowest BCUT2D eigenvalue weighted by Crippen LogP contribution is -2.41. The van der Waals surface area contributed by atoms with Crippen molar-refractivity contribution < 1.29 is 14.0 Å². The molecule has 0 aliphatic heterocycles. The Morgan fingerprint density at radius 3 is 2.36 bits per heavy atom. The van der Waals surface area contributed by atoms with Crippen molar-refractivity contribution in [1.82, 2.24) is 10.2 Å². The van der Waals surface area contributed by atoms with Gasteiger partial charge in [0.1, 0.15) is 5.82 Å². The van der Waals surface area contributed by atoms with E-state index in [1.165, 1.54) is 17.9 Å². The number of hydrogen-bond donors (Lipinski definition) is 1. The molecule has 0 fully saturated rings. The summed E-state index contributed by atoms with van der Waals surface area (Å²) >= 11 is 0. The Morgan fingerprint density at radius 1 is 1.00 bits per heavy atom. The molecule has 0 atom stereocenters. The van der Waals surface area contributed by atoms with Gasteiger partial charge in [-0.1, -0.05) is 48.5 Å². The maximum atomic E-state index is 13.6. The maximum Gasteiger partial charge on any atom is 0.239 e. The molecule has 2 rings (SSSR count). The van der Waals surface area contributed by atoms with Crippen LogP contribution in [0.3, 0.4) is 0 Å². The maximum absolute atomic E-state index is 13.6. The zero-order chi connectivity index (χ0) is 18.1. The van der Waals surface area contributed by atoms with E-state index in [0.29, 0.717) is 25.1 Å². The first-order valence-electron chi connectivity index (χ1n) is 8.36. The van der Waals surface area contributed by atoms with Crippen molar-refractivity contribution >= 4 is 11.8 Å². The van der Waals surface area contributed by atoms with E-state index in [9.17, 15) is 14.0 Å². The molecule has 0 heterocycles. The largest absolute Gasteiger partial charge is 0.354 e. The van der Waals surface area contributed by atoms with Gasteiger partial charge in [0.05, 0.1) is 6.54 Å². The molecule has 132 valence electrons. The summed E-state index contributed by atoms with van der Waals surface area (Å²) < 4.78 is 13.6. The molecule has 2 aromatic rings. The van der Waals surface area contributed by atoms with Crippen molar-refractivity contribution in [2.75, 3.05) is 19.6 Å². The minimum atomic E-state index is -0.293. The number of rotatable bonds is 8. The highest BCUT2D eigenvalue weighted by Gasteiger charge is 2.14. The first-order valence-corrected chi connectivity index (χ1v) is 8.36. The van der Waals surface area contributed by atoms with Gasteiger partial charge in [-0.3, -0.25) is 9.59 Å². The fourth-order valence-corrected chi connectivity index (χ4v) is 2.52. The third-order valence-corrected chi connectivity index (χ3v) is 3.97. The second kappa shape index (κ2) is 9.57. The number of carbonyl (C=O) groups is 2. The van der Waals surface area contributed by atoms with Crippen LogP contribution in [0, 0.1) is 5.82 Å². The number of nitrogens with one attached hydrogen (secondary N) is 1. The van der Waals surface area contributed by atoms with E-state index in [0.717, 1.165) is 12.0 Å². The van der Waals surface area contributed by atoms with Gasteiger partial charge in [-0.05, 0) is 30.0 Å².